The van der Waals surface area contributed by atoms with E-state index >= 15 is 0 Å². The molecule has 0 bridgehead atoms. The lowest BCUT2D eigenvalue weighted by Gasteiger charge is -2.29. The minimum Gasteiger partial charge on any atom is -0.478 e. The summed E-state index contributed by atoms with van der Waals surface area (Å²) in [6.45, 7) is 3.99. The predicted octanol–water partition coefficient (Wildman–Crippen LogP) is 0.626. The van der Waals surface area contributed by atoms with Gasteiger partial charge < -0.3 is 25.8 Å². The molecule has 1 fully saturated rings. The number of aromatic carboxylic acids is 1. The van der Waals surface area contributed by atoms with Crippen molar-refractivity contribution in [1.82, 2.24) is 4.90 Å². The van der Waals surface area contributed by atoms with Gasteiger partial charge in [0, 0.05) is 24.5 Å². The fourth-order valence-electron chi connectivity index (χ4n) is 2.20. The molecule has 7 heteroatoms. The highest BCUT2D eigenvalue weighted by atomic mass is 16.5. The van der Waals surface area contributed by atoms with Gasteiger partial charge in [0.2, 0.25) is 5.91 Å². The van der Waals surface area contributed by atoms with Gasteiger partial charge in [0.15, 0.2) is 0 Å². The van der Waals surface area contributed by atoms with E-state index in [1.165, 1.54) is 12.1 Å². The van der Waals surface area contributed by atoms with E-state index in [4.69, 9.17) is 15.6 Å². The molecule has 1 atom stereocenters. The van der Waals surface area contributed by atoms with Crippen LogP contribution in [-0.2, 0) is 9.53 Å². The Morgan fingerprint density at radius 1 is 1.38 bits per heavy atom. The molecule has 1 aromatic rings. The van der Waals surface area contributed by atoms with Crippen LogP contribution in [0.3, 0.4) is 0 Å². The quantitative estimate of drug-likeness (QED) is 0.703. The van der Waals surface area contributed by atoms with Crippen molar-refractivity contribution in [3.8, 4) is 0 Å². The topological polar surface area (TPSA) is 105 Å². The van der Waals surface area contributed by atoms with Crippen molar-refractivity contribution in [2.24, 2.45) is 0 Å². The van der Waals surface area contributed by atoms with Crippen molar-refractivity contribution in [3.63, 3.8) is 0 Å². The number of nitrogens with one attached hydrogen (secondary N) is 1. The maximum absolute atomic E-state index is 12.3. The fraction of sp³-hybridized carbons (Fsp3) is 0.429. The number of amides is 1. The smallest absolute Gasteiger partial charge is 0.337 e. The summed E-state index contributed by atoms with van der Waals surface area (Å²) in [6, 6.07) is 4.15. The van der Waals surface area contributed by atoms with Gasteiger partial charge >= 0.3 is 5.97 Å². The number of rotatable bonds is 4. The summed E-state index contributed by atoms with van der Waals surface area (Å²) in [4.78, 5) is 25.0. The zero-order valence-corrected chi connectivity index (χ0v) is 11.8. The number of ether oxygens (including phenoxy) is 1. The zero-order valence-electron chi connectivity index (χ0n) is 11.8. The summed E-state index contributed by atoms with van der Waals surface area (Å²) in [5.41, 5.74) is 6.37. The standard InChI is InChI=1S/C14H19N3O4/c1-9(13(18)17-4-6-21-7-5-17)16-10-2-3-12(15)11(8-10)14(19)20/h2-3,8-9,16H,4-7,15H2,1H3,(H,19,20). The Morgan fingerprint density at radius 3 is 2.67 bits per heavy atom. The first-order valence-electron chi connectivity index (χ1n) is 6.75. The van der Waals surface area contributed by atoms with Crippen LogP contribution in [0.25, 0.3) is 0 Å². The van der Waals surface area contributed by atoms with Crippen LogP contribution in [0.2, 0.25) is 0 Å². The van der Waals surface area contributed by atoms with Gasteiger partial charge in [-0.05, 0) is 25.1 Å². The van der Waals surface area contributed by atoms with Crippen molar-refractivity contribution >= 4 is 23.3 Å². The van der Waals surface area contributed by atoms with E-state index in [9.17, 15) is 9.59 Å². The number of carboxylic acid groups (broad SMARTS) is 1. The molecule has 0 radical (unpaired) electrons. The van der Waals surface area contributed by atoms with E-state index in [2.05, 4.69) is 5.32 Å². The molecule has 1 amide bonds. The van der Waals surface area contributed by atoms with Gasteiger partial charge in [-0.15, -0.1) is 0 Å². The lowest BCUT2D eigenvalue weighted by molar-refractivity contribution is -0.135. The number of morpholine rings is 1. The molecule has 1 aliphatic rings. The molecule has 1 heterocycles. The van der Waals surface area contributed by atoms with Crippen LogP contribution in [0.1, 0.15) is 17.3 Å². The van der Waals surface area contributed by atoms with Crippen LogP contribution < -0.4 is 11.1 Å². The zero-order chi connectivity index (χ0) is 15.4. The molecule has 1 unspecified atom stereocenters. The van der Waals surface area contributed by atoms with Gasteiger partial charge in [0.1, 0.15) is 6.04 Å². The monoisotopic (exact) mass is 293 g/mol. The first-order chi connectivity index (χ1) is 9.99. The maximum Gasteiger partial charge on any atom is 0.337 e. The molecule has 0 spiro atoms. The summed E-state index contributed by atoms with van der Waals surface area (Å²) in [5, 5.41) is 12.1. The van der Waals surface area contributed by atoms with Crippen LogP contribution in [0.15, 0.2) is 18.2 Å². The highest BCUT2D eigenvalue weighted by Gasteiger charge is 2.22. The molecule has 1 saturated heterocycles. The van der Waals surface area contributed by atoms with Crippen LogP contribution in [-0.4, -0.2) is 54.2 Å². The number of nitrogens with two attached hydrogens (primary N) is 1. The lowest BCUT2D eigenvalue weighted by atomic mass is 10.1. The van der Waals surface area contributed by atoms with E-state index in [0.29, 0.717) is 32.0 Å². The Hall–Kier alpha value is -2.28. The van der Waals surface area contributed by atoms with Crippen molar-refractivity contribution < 1.29 is 19.4 Å². The molecule has 2 rings (SSSR count). The lowest BCUT2D eigenvalue weighted by Crippen LogP contribution is -2.47. The first kappa shape index (κ1) is 15.1. The number of benzene rings is 1. The van der Waals surface area contributed by atoms with E-state index in [-0.39, 0.29) is 17.2 Å². The third-order valence-electron chi connectivity index (χ3n) is 3.36. The molecular formula is C14H19N3O4. The highest BCUT2D eigenvalue weighted by Crippen LogP contribution is 2.19. The molecular weight excluding hydrogens is 274 g/mol. The Morgan fingerprint density at radius 2 is 2.05 bits per heavy atom. The third-order valence-corrected chi connectivity index (χ3v) is 3.36. The number of carboxylic acids is 1. The van der Waals surface area contributed by atoms with Crippen LogP contribution >= 0.6 is 0 Å². The second kappa shape index (κ2) is 6.45. The van der Waals surface area contributed by atoms with E-state index in [0.717, 1.165) is 0 Å². The number of hydrogen-bond acceptors (Lipinski definition) is 5. The van der Waals surface area contributed by atoms with Crippen molar-refractivity contribution in [3.05, 3.63) is 23.8 Å². The number of carbonyl (C=O) groups is 2. The van der Waals surface area contributed by atoms with E-state index in [1.54, 1.807) is 17.9 Å². The number of hydrogen-bond donors (Lipinski definition) is 3. The number of nitrogen functional groups attached to an aromatic ring is 1. The maximum atomic E-state index is 12.3. The SMILES string of the molecule is CC(Nc1ccc(N)c(C(=O)O)c1)C(=O)N1CCOCC1. The van der Waals surface area contributed by atoms with Crippen molar-refractivity contribution in [2.45, 2.75) is 13.0 Å². The average molecular weight is 293 g/mol. The van der Waals surface area contributed by atoms with Crippen molar-refractivity contribution in [1.29, 1.82) is 0 Å². The van der Waals surface area contributed by atoms with Gasteiger partial charge in [-0.1, -0.05) is 0 Å². The summed E-state index contributed by atoms with van der Waals surface area (Å²) in [6.07, 6.45) is 0. The molecule has 0 aliphatic carbocycles. The van der Waals surface area contributed by atoms with Gasteiger partial charge in [-0.25, -0.2) is 4.79 Å². The van der Waals surface area contributed by atoms with Gasteiger partial charge in [0.25, 0.3) is 0 Å². The molecule has 7 nitrogen and oxygen atoms in total. The van der Waals surface area contributed by atoms with Gasteiger partial charge in [0.05, 0.1) is 18.8 Å². The molecule has 21 heavy (non-hydrogen) atoms. The second-order valence-electron chi connectivity index (χ2n) is 4.91. The summed E-state index contributed by atoms with van der Waals surface area (Å²) in [7, 11) is 0. The summed E-state index contributed by atoms with van der Waals surface area (Å²) < 4.78 is 5.21. The number of anilines is 2. The number of nitrogens with zero attached hydrogens (tertiary/aromatic N) is 1. The molecule has 1 aliphatic heterocycles. The molecule has 4 N–H and O–H groups in total. The third kappa shape index (κ3) is 3.63. The van der Waals surface area contributed by atoms with E-state index in [1.807, 2.05) is 0 Å². The second-order valence-corrected chi connectivity index (χ2v) is 4.91. The van der Waals surface area contributed by atoms with Crippen LogP contribution in [0.5, 0.6) is 0 Å². The Bertz CT molecular complexity index is 541. The molecule has 0 aromatic heterocycles. The Labute approximate surface area is 122 Å². The normalized spacial score (nSPS) is 16.3. The van der Waals surface area contributed by atoms with Crippen LogP contribution in [0.4, 0.5) is 11.4 Å². The molecule has 1 aromatic carbocycles. The molecule has 114 valence electrons. The Balaban J connectivity index is 2.05. The molecule has 0 saturated carbocycles. The minimum absolute atomic E-state index is 0.0195. The average Bonchev–Trinajstić information content (AvgIpc) is 2.49. The number of carbonyl (C=O) groups excluding carboxylic acids is 1. The highest BCUT2D eigenvalue weighted by molar-refractivity contribution is 5.95. The largest absolute Gasteiger partial charge is 0.478 e. The van der Waals surface area contributed by atoms with Gasteiger partial charge in [-0.2, -0.15) is 0 Å². The Kier molecular flexibility index (Phi) is 4.64. The van der Waals surface area contributed by atoms with E-state index < -0.39 is 12.0 Å². The van der Waals surface area contributed by atoms with Crippen LogP contribution in [0, 0.1) is 0 Å². The predicted molar refractivity (Wildman–Crippen MR) is 78.3 cm³/mol. The van der Waals surface area contributed by atoms with Gasteiger partial charge in [-0.3, -0.25) is 4.79 Å². The summed E-state index contributed by atoms with van der Waals surface area (Å²) >= 11 is 0. The van der Waals surface area contributed by atoms with Crippen molar-refractivity contribution in [2.75, 3.05) is 37.4 Å². The first-order valence-corrected chi connectivity index (χ1v) is 6.75. The fourth-order valence-corrected chi connectivity index (χ4v) is 2.20. The summed E-state index contributed by atoms with van der Waals surface area (Å²) in [5.74, 6) is -1.13. The minimum atomic E-state index is -1.09.